The lowest BCUT2D eigenvalue weighted by Crippen LogP contribution is -2.55. The molecule has 0 bridgehead atoms. The molecule has 4 N–H and O–H groups in total. The Hall–Kier alpha value is -2.64. The van der Waals surface area contributed by atoms with Crippen molar-refractivity contribution in [3.63, 3.8) is 0 Å². The van der Waals surface area contributed by atoms with E-state index in [2.05, 4.69) is 28.2 Å². The predicted octanol–water partition coefficient (Wildman–Crippen LogP) is 5.33. The second-order valence-electron chi connectivity index (χ2n) is 10.9. The number of carbonyl (C=O) groups excluding carboxylic acids is 4. The normalized spacial score (nSPS) is 21.4. The molecule has 8 heteroatoms. The molecule has 0 fully saturated rings. The van der Waals surface area contributed by atoms with Gasteiger partial charge in [-0.05, 0) is 30.8 Å². The summed E-state index contributed by atoms with van der Waals surface area (Å²) >= 11 is 0. The Kier molecular flexibility index (Phi) is 18.7. The molecule has 8 nitrogen and oxygen atoms in total. The summed E-state index contributed by atoms with van der Waals surface area (Å²) < 4.78 is 0. The maximum absolute atomic E-state index is 13.2. The summed E-state index contributed by atoms with van der Waals surface area (Å²) in [7, 11) is 0. The number of ketones is 1. The number of unbranched alkanes of at least 4 members (excludes halogenated alkanes) is 9. The molecule has 1 aliphatic heterocycles. The number of hydrogen-bond donors (Lipinski definition) is 4. The van der Waals surface area contributed by atoms with E-state index in [1.54, 1.807) is 18.2 Å². The molecule has 0 aromatic carbocycles. The van der Waals surface area contributed by atoms with Gasteiger partial charge in [0.15, 0.2) is 5.78 Å². The standard InChI is InChI=1S/C31H54N4O4/c1-5-7-8-9-10-11-12-13-14-16-22-33-31(39)35-29(25(4)6-2)30(38)34-26-18-15-17-21-32-28(37)20-19-24(3)23-27(26)36/h15,18-20,24-26,29H,5-14,16-17,21-23H2,1-4H3,(H,32,37)(H,34,38)(H2,33,35,39)/b18-15+,20-19+/t24-,25?,26-,29?/m0/s1. The second-order valence-corrected chi connectivity index (χ2v) is 10.9. The van der Waals surface area contributed by atoms with Crippen molar-refractivity contribution in [1.82, 2.24) is 21.3 Å². The maximum Gasteiger partial charge on any atom is 0.315 e. The molecule has 0 aromatic heterocycles. The lowest BCUT2D eigenvalue weighted by atomic mass is 9.96. The molecular formula is C31H54N4O4. The predicted molar refractivity (Wildman–Crippen MR) is 158 cm³/mol. The van der Waals surface area contributed by atoms with E-state index in [1.807, 2.05) is 20.8 Å². The highest BCUT2D eigenvalue weighted by molar-refractivity contribution is 5.94. The number of Topliss-reactive ketones (excluding diaryl/α,β-unsaturated/α-hetero) is 1. The number of hydrogen-bond acceptors (Lipinski definition) is 4. The van der Waals surface area contributed by atoms with Gasteiger partial charge in [-0.15, -0.1) is 0 Å². The summed E-state index contributed by atoms with van der Waals surface area (Å²) in [5.41, 5.74) is 0. The van der Waals surface area contributed by atoms with Crippen LogP contribution in [0.3, 0.4) is 0 Å². The van der Waals surface area contributed by atoms with Gasteiger partial charge in [0.05, 0.1) is 0 Å². The fraction of sp³-hybridized carbons (Fsp3) is 0.742. The van der Waals surface area contributed by atoms with Gasteiger partial charge in [-0.1, -0.05) is 110 Å². The number of nitrogens with one attached hydrogen (secondary N) is 4. The Morgan fingerprint density at radius 2 is 1.62 bits per heavy atom. The van der Waals surface area contributed by atoms with Crippen molar-refractivity contribution in [2.75, 3.05) is 13.1 Å². The third-order valence-electron chi connectivity index (χ3n) is 7.28. The lowest BCUT2D eigenvalue weighted by molar-refractivity contribution is -0.128. The summed E-state index contributed by atoms with van der Waals surface area (Å²) in [4.78, 5) is 50.6. The van der Waals surface area contributed by atoms with Crippen molar-refractivity contribution in [2.24, 2.45) is 11.8 Å². The molecule has 1 aliphatic rings. The average molecular weight is 547 g/mol. The minimum Gasteiger partial charge on any atom is -0.352 e. The highest BCUT2D eigenvalue weighted by Crippen LogP contribution is 2.12. The Bertz CT molecular complexity index is 795. The number of rotatable bonds is 16. The Balaban J connectivity index is 2.54. The molecular weight excluding hydrogens is 492 g/mol. The fourth-order valence-electron chi connectivity index (χ4n) is 4.52. The zero-order valence-corrected chi connectivity index (χ0v) is 24.9. The van der Waals surface area contributed by atoms with Crippen LogP contribution in [0, 0.1) is 11.8 Å². The summed E-state index contributed by atoms with van der Waals surface area (Å²) in [6.07, 6.45) is 20.4. The second kappa shape index (κ2) is 21.2. The first kappa shape index (κ1) is 34.4. The van der Waals surface area contributed by atoms with E-state index in [9.17, 15) is 19.2 Å². The smallest absolute Gasteiger partial charge is 0.315 e. The van der Waals surface area contributed by atoms with Crippen LogP contribution in [0.4, 0.5) is 4.79 Å². The van der Waals surface area contributed by atoms with Gasteiger partial charge in [-0.25, -0.2) is 4.79 Å². The van der Waals surface area contributed by atoms with E-state index in [0.29, 0.717) is 25.9 Å². The third-order valence-corrected chi connectivity index (χ3v) is 7.28. The van der Waals surface area contributed by atoms with E-state index in [-0.39, 0.29) is 41.9 Å². The summed E-state index contributed by atoms with van der Waals surface area (Å²) in [5.74, 6) is -0.927. The Labute approximate surface area is 236 Å². The topological polar surface area (TPSA) is 116 Å². The van der Waals surface area contributed by atoms with Gasteiger partial charge < -0.3 is 21.3 Å². The number of carbonyl (C=O) groups is 4. The average Bonchev–Trinajstić information content (AvgIpc) is 2.91. The summed E-state index contributed by atoms with van der Waals surface area (Å²) in [6.45, 7) is 9.00. The van der Waals surface area contributed by atoms with Gasteiger partial charge in [-0.3, -0.25) is 14.4 Å². The molecule has 2 unspecified atom stereocenters. The van der Waals surface area contributed by atoms with E-state index >= 15 is 0 Å². The largest absolute Gasteiger partial charge is 0.352 e. The van der Waals surface area contributed by atoms with Gasteiger partial charge in [0.25, 0.3) is 0 Å². The summed E-state index contributed by atoms with van der Waals surface area (Å²) in [5, 5.41) is 11.4. The Morgan fingerprint density at radius 1 is 0.974 bits per heavy atom. The lowest BCUT2D eigenvalue weighted by Gasteiger charge is -2.26. The van der Waals surface area contributed by atoms with Crippen LogP contribution in [0.1, 0.15) is 111 Å². The minimum absolute atomic E-state index is 0.101. The van der Waals surface area contributed by atoms with E-state index in [1.165, 1.54) is 57.4 Å². The SMILES string of the molecule is CCCCCCCCCCCCNC(=O)NC(C(=O)N[C@H]1/C=C/CCNC(=O)/C=C/[C@H](C)CC1=O)C(C)CC. The molecule has 0 aromatic rings. The molecule has 0 spiro atoms. The first-order valence-corrected chi connectivity index (χ1v) is 15.3. The molecule has 0 saturated carbocycles. The molecule has 1 heterocycles. The van der Waals surface area contributed by atoms with Gasteiger partial charge in [0, 0.05) is 19.5 Å². The first-order chi connectivity index (χ1) is 18.8. The molecule has 0 radical (unpaired) electrons. The van der Waals surface area contributed by atoms with Gasteiger partial charge >= 0.3 is 6.03 Å². The van der Waals surface area contributed by atoms with Crippen molar-refractivity contribution >= 4 is 23.6 Å². The number of allylic oxidation sites excluding steroid dienone is 1. The molecule has 1 rings (SSSR count). The van der Waals surface area contributed by atoms with Crippen molar-refractivity contribution in [3.8, 4) is 0 Å². The Morgan fingerprint density at radius 3 is 2.26 bits per heavy atom. The van der Waals surface area contributed by atoms with Crippen molar-refractivity contribution < 1.29 is 19.2 Å². The number of urea groups is 1. The quantitative estimate of drug-likeness (QED) is 0.155. The van der Waals surface area contributed by atoms with Crippen LogP contribution < -0.4 is 21.3 Å². The molecule has 4 amide bonds. The van der Waals surface area contributed by atoms with Crippen LogP contribution in [-0.2, 0) is 14.4 Å². The van der Waals surface area contributed by atoms with E-state index in [0.717, 1.165) is 12.8 Å². The molecule has 4 atom stereocenters. The maximum atomic E-state index is 13.2. The monoisotopic (exact) mass is 546 g/mol. The van der Waals surface area contributed by atoms with Crippen LogP contribution in [-0.4, -0.2) is 48.8 Å². The highest BCUT2D eigenvalue weighted by atomic mass is 16.2. The zero-order valence-electron chi connectivity index (χ0n) is 24.9. The number of amides is 4. The highest BCUT2D eigenvalue weighted by Gasteiger charge is 2.29. The zero-order chi connectivity index (χ0) is 28.9. The van der Waals surface area contributed by atoms with Crippen LogP contribution in [0.5, 0.6) is 0 Å². The van der Waals surface area contributed by atoms with Gasteiger partial charge in [0.2, 0.25) is 11.8 Å². The van der Waals surface area contributed by atoms with Crippen molar-refractivity contribution in [3.05, 3.63) is 24.3 Å². The first-order valence-electron chi connectivity index (χ1n) is 15.3. The molecule has 0 aliphatic carbocycles. The van der Waals surface area contributed by atoms with Gasteiger partial charge in [-0.2, -0.15) is 0 Å². The summed E-state index contributed by atoms with van der Waals surface area (Å²) in [6, 6.07) is -1.89. The fourth-order valence-corrected chi connectivity index (χ4v) is 4.52. The van der Waals surface area contributed by atoms with E-state index < -0.39 is 12.1 Å². The molecule has 39 heavy (non-hydrogen) atoms. The van der Waals surface area contributed by atoms with Crippen molar-refractivity contribution in [1.29, 1.82) is 0 Å². The molecule has 0 saturated heterocycles. The van der Waals surface area contributed by atoms with Crippen LogP contribution in [0.15, 0.2) is 24.3 Å². The molecule has 222 valence electrons. The third kappa shape index (κ3) is 16.2. The van der Waals surface area contributed by atoms with Crippen LogP contribution in [0.2, 0.25) is 0 Å². The van der Waals surface area contributed by atoms with E-state index in [4.69, 9.17) is 0 Å². The van der Waals surface area contributed by atoms with Crippen molar-refractivity contribution in [2.45, 2.75) is 123 Å². The van der Waals surface area contributed by atoms with Gasteiger partial charge in [0.1, 0.15) is 12.1 Å². The van der Waals surface area contributed by atoms with Crippen LogP contribution in [0.25, 0.3) is 0 Å². The minimum atomic E-state index is -0.786. The van der Waals surface area contributed by atoms with Crippen LogP contribution >= 0.6 is 0 Å².